The van der Waals surface area contributed by atoms with Gasteiger partial charge in [0.15, 0.2) is 5.11 Å². The predicted octanol–water partition coefficient (Wildman–Crippen LogP) is 6.82. The number of benzene rings is 3. The molecule has 4 aromatic rings. The molecule has 4 rings (SSSR count). The summed E-state index contributed by atoms with van der Waals surface area (Å²) in [7, 11) is 0. The molecule has 5 nitrogen and oxygen atoms in total. The van der Waals surface area contributed by atoms with Gasteiger partial charge in [0.25, 0.3) is 5.91 Å². The van der Waals surface area contributed by atoms with E-state index in [-0.39, 0.29) is 11.0 Å². The van der Waals surface area contributed by atoms with Crippen LogP contribution in [0.15, 0.2) is 66.7 Å². The van der Waals surface area contributed by atoms with E-state index < -0.39 is 0 Å². The summed E-state index contributed by atoms with van der Waals surface area (Å²) in [6.07, 6.45) is 0.990. The maximum Gasteiger partial charge on any atom is 0.257 e. The smallest absolute Gasteiger partial charge is 0.257 e. The summed E-state index contributed by atoms with van der Waals surface area (Å²) in [5.41, 5.74) is 4.58. The van der Waals surface area contributed by atoms with E-state index in [0.29, 0.717) is 18.1 Å². The highest BCUT2D eigenvalue weighted by Gasteiger charge is 2.10. The highest BCUT2D eigenvalue weighted by Crippen LogP contribution is 2.31. The SMILES string of the molecule is Cc1ccc2nc(-c3ccc(NC(=S)NC(=O)c4ccc(OCCC(C)C)cc4)cc3)sc2c1. The van der Waals surface area contributed by atoms with Gasteiger partial charge in [-0.15, -0.1) is 11.3 Å². The number of aryl methyl sites for hydroxylation is 1. The van der Waals surface area contributed by atoms with Gasteiger partial charge in [-0.2, -0.15) is 0 Å². The third-order valence-corrected chi connectivity index (χ3v) is 6.51. The number of amides is 1. The minimum Gasteiger partial charge on any atom is -0.494 e. The van der Waals surface area contributed by atoms with Crippen LogP contribution in [0.25, 0.3) is 20.8 Å². The van der Waals surface area contributed by atoms with Crippen molar-refractivity contribution in [2.24, 2.45) is 5.92 Å². The van der Waals surface area contributed by atoms with Crippen LogP contribution in [0.1, 0.15) is 36.2 Å². The largest absolute Gasteiger partial charge is 0.494 e. The first-order valence-corrected chi connectivity index (χ1v) is 12.4. The molecular weight excluding hydrogens is 462 g/mol. The molecule has 2 N–H and O–H groups in total. The third kappa shape index (κ3) is 6.18. The normalized spacial score (nSPS) is 10.9. The summed E-state index contributed by atoms with van der Waals surface area (Å²) >= 11 is 7.00. The monoisotopic (exact) mass is 489 g/mol. The maximum absolute atomic E-state index is 12.5. The first-order chi connectivity index (χ1) is 16.4. The van der Waals surface area contributed by atoms with Gasteiger partial charge in [0.1, 0.15) is 10.8 Å². The van der Waals surface area contributed by atoms with Crippen LogP contribution in [0.5, 0.6) is 5.75 Å². The van der Waals surface area contributed by atoms with E-state index in [9.17, 15) is 4.79 Å². The second-order valence-electron chi connectivity index (χ2n) is 8.53. The molecule has 174 valence electrons. The zero-order valence-electron chi connectivity index (χ0n) is 19.4. The first kappa shape index (κ1) is 23.9. The van der Waals surface area contributed by atoms with Crippen molar-refractivity contribution in [1.82, 2.24) is 10.3 Å². The lowest BCUT2D eigenvalue weighted by molar-refractivity contribution is 0.0977. The summed E-state index contributed by atoms with van der Waals surface area (Å²) in [6, 6.07) is 21.2. The van der Waals surface area contributed by atoms with Gasteiger partial charge in [0.05, 0.1) is 16.8 Å². The fraction of sp³-hybridized carbons (Fsp3) is 0.222. The number of thiocarbonyl (C=S) groups is 1. The highest BCUT2D eigenvalue weighted by molar-refractivity contribution is 7.80. The number of anilines is 1. The first-order valence-electron chi connectivity index (χ1n) is 11.2. The lowest BCUT2D eigenvalue weighted by Crippen LogP contribution is -2.34. The number of carbonyl (C=O) groups excluding carboxylic acids is 1. The molecule has 0 aliphatic rings. The summed E-state index contributed by atoms with van der Waals surface area (Å²) < 4.78 is 6.88. The number of carbonyl (C=O) groups is 1. The lowest BCUT2D eigenvalue weighted by atomic mass is 10.1. The zero-order chi connectivity index (χ0) is 24.1. The Balaban J connectivity index is 1.32. The Kier molecular flexibility index (Phi) is 7.55. The number of thiazole rings is 1. The van der Waals surface area contributed by atoms with Crippen molar-refractivity contribution in [2.75, 3.05) is 11.9 Å². The Morgan fingerprint density at radius 1 is 1.06 bits per heavy atom. The molecule has 0 atom stereocenters. The van der Waals surface area contributed by atoms with Gasteiger partial charge in [-0.1, -0.05) is 19.9 Å². The van der Waals surface area contributed by atoms with Crippen LogP contribution in [0.3, 0.4) is 0 Å². The topological polar surface area (TPSA) is 63.2 Å². The molecule has 0 aliphatic heterocycles. The quantitative estimate of drug-likeness (QED) is 0.279. The molecule has 0 saturated heterocycles. The predicted molar refractivity (Wildman–Crippen MR) is 145 cm³/mol. The average Bonchev–Trinajstić information content (AvgIpc) is 3.23. The van der Waals surface area contributed by atoms with Gasteiger partial charge in [0.2, 0.25) is 0 Å². The fourth-order valence-electron chi connectivity index (χ4n) is 3.30. The van der Waals surface area contributed by atoms with E-state index in [4.69, 9.17) is 21.9 Å². The molecule has 0 saturated carbocycles. The lowest BCUT2D eigenvalue weighted by Gasteiger charge is -2.11. The summed E-state index contributed by atoms with van der Waals surface area (Å²) in [5, 5.41) is 7.00. The highest BCUT2D eigenvalue weighted by atomic mass is 32.1. The van der Waals surface area contributed by atoms with Crippen molar-refractivity contribution in [1.29, 1.82) is 0 Å². The molecule has 0 bridgehead atoms. The molecule has 7 heteroatoms. The van der Waals surface area contributed by atoms with Crippen LogP contribution in [-0.4, -0.2) is 22.6 Å². The van der Waals surface area contributed by atoms with Crippen molar-refractivity contribution in [3.63, 3.8) is 0 Å². The Bertz CT molecular complexity index is 1300. The van der Waals surface area contributed by atoms with Gasteiger partial charge >= 0.3 is 0 Å². The number of aromatic nitrogens is 1. The van der Waals surface area contributed by atoms with Gasteiger partial charge in [-0.3, -0.25) is 10.1 Å². The Morgan fingerprint density at radius 2 is 1.79 bits per heavy atom. The molecule has 1 heterocycles. The Labute approximate surface area is 209 Å². The van der Waals surface area contributed by atoms with E-state index in [1.807, 2.05) is 24.3 Å². The van der Waals surface area contributed by atoms with Crippen molar-refractivity contribution in [3.8, 4) is 16.3 Å². The Hall–Kier alpha value is -3.29. The van der Waals surface area contributed by atoms with Gasteiger partial charge in [0, 0.05) is 16.8 Å². The third-order valence-electron chi connectivity index (χ3n) is 5.24. The van der Waals surface area contributed by atoms with Crippen molar-refractivity contribution in [2.45, 2.75) is 27.2 Å². The number of hydrogen-bond donors (Lipinski definition) is 2. The number of hydrogen-bond acceptors (Lipinski definition) is 5. The minimum atomic E-state index is -0.271. The number of nitrogens with zero attached hydrogens (tertiary/aromatic N) is 1. The average molecular weight is 490 g/mol. The fourth-order valence-corrected chi connectivity index (χ4v) is 4.58. The summed E-state index contributed by atoms with van der Waals surface area (Å²) in [4.78, 5) is 17.2. The van der Waals surface area contributed by atoms with Crippen LogP contribution in [-0.2, 0) is 0 Å². The maximum atomic E-state index is 12.5. The number of nitrogens with one attached hydrogen (secondary N) is 2. The van der Waals surface area contributed by atoms with Gasteiger partial charge in [-0.25, -0.2) is 4.98 Å². The minimum absolute atomic E-state index is 0.241. The molecule has 0 radical (unpaired) electrons. The van der Waals surface area contributed by atoms with E-state index >= 15 is 0 Å². The van der Waals surface area contributed by atoms with Crippen LogP contribution < -0.4 is 15.4 Å². The second-order valence-corrected chi connectivity index (χ2v) is 9.97. The molecule has 0 aliphatic carbocycles. The molecule has 34 heavy (non-hydrogen) atoms. The van der Waals surface area contributed by atoms with Crippen molar-refractivity contribution < 1.29 is 9.53 Å². The van der Waals surface area contributed by atoms with Crippen molar-refractivity contribution in [3.05, 3.63) is 77.9 Å². The van der Waals surface area contributed by atoms with E-state index in [1.165, 1.54) is 10.3 Å². The molecule has 3 aromatic carbocycles. The van der Waals surface area contributed by atoms with E-state index in [2.05, 4.69) is 49.6 Å². The number of ether oxygens (including phenoxy) is 1. The van der Waals surface area contributed by atoms with Crippen molar-refractivity contribution >= 4 is 50.5 Å². The van der Waals surface area contributed by atoms with Crippen LogP contribution in [0.4, 0.5) is 5.69 Å². The van der Waals surface area contributed by atoms with Crippen LogP contribution in [0, 0.1) is 12.8 Å². The molecule has 0 fully saturated rings. The molecule has 1 aromatic heterocycles. The number of rotatable bonds is 7. The van der Waals surface area contributed by atoms with E-state index in [0.717, 1.165) is 33.9 Å². The zero-order valence-corrected chi connectivity index (χ0v) is 21.1. The van der Waals surface area contributed by atoms with Gasteiger partial charge in [-0.05, 0) is 97.7 Å². The van der Waals surface area contributed by atoms with Crippen LogP contribution >= 0.6 is 23.6 Å². The number of fused-ring (bicyclic) bond motifs is 1. The van der Waals surface area contributed by atoms with E-state index in [1.54, 1.807) is 35.6 Å². The standard InChI is InChI=1S/C27H27N3O2S2/c1-17(2)14-15-32-22-11-7-19(8-12-22)25(31)30-27(33)28-21-9-5-20(6-10-21)26-29-23-13-4-18(3)16-24(23)34-26/h4-13,16-17H,14-15H2,1-3H3,(H2,28,30,31,33). The van der Waals surface area contributed by atoms with Crippen LogP contribution in [0.2, 0.25) is 0 Å². The molecule has 0 unspecified atom stereocenters. The molecule has 0 spiro atoms. The Morgan fingerprint density at radius 3 is 2.50 bits per heavy atom. The summed E-state index contributed by atoms with van der Waals surface area (Å²) in [6.45, 7) is 7.06. The van der Waals surface area contributed by atoms with Gasteiger partial charge < -0.3 is 10.1 Å². The molecular formula is C27H27N3O2S2. The summed E-state index contributed by atoms with van der Waals surface area (Å²) in [5.74, 6) is 1.07. The second kappa shape index (κ2) is 10.8. The molecule has 1 amide bonds.